The molecular weight excluding hydrogens is 380 g/mol. The summed E-state index contributed by atoms with van der Waals surface area (Å²) in [6.07, 6.45) is 7.07. The highest BCUT2D eigenvalue weighted by Crippen LogP contribution is 2.23. The van der Waals surface area contributed by atoms with Crippen LogP contribution in [0.4, 0.5) is 17.3 Å². The normalized spacial score (nSPS) is 15.4. The van der Waals surface area contributed by atoms with Gasteiger partial charge in [0, 0.05) is 36.0 Å². The lowest BCUT2D eigenvalue weighted by molar-refractivity contribution is 0.122. The molecule has 0 radical (unpaired) electrons. The zero-order chi connectivity index (χ0) is 20.5. The van der Waals surface area contributed by atoms with Crippen LogP contribution in [-0.4, -0.2) is 40.8 Å². The first-order valence-corrected chi connectivity index (χ1v) is 9.64. The van der Waals surface area contributed by atoms with E-state index in [0.29, 0.717) is 22.7 Å². The van der Waals surface area contributed by atoms with Crippen LogP contribution in [0.25, 0.3) is 16.7 Å². The monoisotopic (exact) mass is 398 g/mol. The van der Waals surface area contributed by atoms with Crippen LogP contribution in [0.15, 0.2) is 59.6 Å². The first kappa shape index (κ1) is 18.1. The van der Waals surface area contributed by atoms with E-state index in [1.807, 2.05) is 48.6 Å². The van der Waals surface area contributed by atoms with Crippen molar-refractivity contribution in [2.45, 2.75) is 0 Å². The predicted octanol–water partition coefficient (Wildman–Crippen LogP) is 2.65. The molecule has 1 aliphatic heterocycles. The van der Waals surface area contributed by atoms with E-state index in [-0.39, 0.29) is 11.1 Å². The summed E-state index contributed by atoms with van der Waals surface area (Å²) in [5.41, 5.74) is 2.81. The van der Waals surface area contributed by atoms with Crippen LogP contribution in [0.2, 0.25) is 0 Å². The lowest BCUT2D eigenvalue weighted by atomic mass is 10.1. The SMILES string of the molecule is N#Cc1cc2cnc(Nc3ccc(N4CCOCC4)cc3)nc2n(C2=CC=C2)c1=O. The van der Waals surface area contributed by atoms with Crippen LogP contribution in [-0.2, 0) is 4.74 Å². The molecule has 8 nitrogen and oxygen atoms in total. The van der Waals surface area contributed by atoms with E-state index in [0.717, 1.165) is 37.7 Å². The summed E-state index contributed by atoms with van der Waals surface area (Å²) in [6, 6.07) is 11.5. The van der Waals surface area contributed by atoms with Crippen molar-refractivity contribution in [1.82, 2.24) is 14.5 Å². The number of anilines is 3. The fourth-order valence-corrected chi connectivity index (χ4v) is 3.51. The summed E-state index contributed by atoms with van der Waals surface area (Å²) < 4.78 is 6.85. The molecular formula is C22H18N6O2. The van der Waals surface area contributed by atoms with Crippen molar-refractivity contribution in [3.8, 4) is 6.07 Å². The average molecular weight is 398 g/mol. The second-order valence-corrected chi connectivity index (χ2v) is 7.00. The van der Waals surface area contributed by atoms with Gasteiger partial charge in [0.15, 0.2) is 5.65 Å². The second kappa shape index (κ2) is 7.46. The highest BCUT2D eigenvalue weighted by molar-refractivity contribution is 5.83. The maximum atomic E-state index is 12.7. The summed E-state index contributed by atoms with van der Waals surface area (Å²) in [5.74, 6) is 0.378. The molecule has 1 fully saturated rings. The standard InChI is InChI=1S/C22H18N6O2/c23-13-15-12-16-14-24-22(26-20(16)28(21(15)29)19-2-1-3-19)25-17-4-6-18(7-5-17)27-8-10-30-11-9-27/h1-7,12,14H,8-11H2,(H,24,25,26). The Morgan fingerprint density at radius 3 is 2.60 bits per heavy atom. The van der Waals surface area contributed by atoms with Crippen molar-refractivity contribution in [3.05, 3.63) is 70.7 Å². The van der Waals surface area contributed by atoms with Gasteiger partial charge in [0.05, 0.1) is 18.9 Å². The third-order valence-electron chi connectivity index (χ3n) is 5.15. The minimum atomic E-state index is -0.389. The van der Waals surface area contributed by atoms with Crippen molar-refractivity contribution in [2.24, 2.45) is 0 Å². The minimum Gasteiger partial charge on any atom is -0.378 e. The summed E-state index contributed by atoms with van der Waals surface area (Å²) in [6.45, 7) is 3.25. The number of benzene rings is 1. The fraction of sp³-hybridized carbons (Fsp3) is 0.182. The summed E-state index contributed by atoms with van der Waals surface area (Å²) in [5, 5.41) is 13.1. The Morgan fingerprint density at radius 1 is 1.17 bits per heavy atom. The number of hydrogen-bond acceptors (Lipinski definition) is 7. The van der Waals surface area contributed by atoms with E-state index >= 15 is 0 Å². The Hall–Kier alpha value is -3.96. The molecule has 0 spiro atoms. The third-order valence-corrected chi connectivity index (χ3v) is 5.15. The number of allylic oxidation sites excluding steroid dienone is 4. The van der Waals surface area contributed by atoms with E-state index in [9.17, 15) is 10.1 Å². The Morgan fingerprint density at radius 2 is 1.93 bits per heavy atom. The molecule has 8 heteroatoms. The van der Waals surface area contributed by atoms with Crippen LogP contribution in [0.1, 0.15) is 5.56 Å². The van der Waals surface area contributed by atoms with Crippen molar-refractivity contribution in [3.63, 3.8) is 0 Å². The van der Waals surface area contributed by atoms with E-state index in [1.54, 1.807) is 6.20 Å². The van der Waals surface area contributed by atoms with Crippen LogP contribution >= 0.6 is 0 Å². The van der Waals surface area contributed by atoms with Gasteiger partial charge in [-0.3, -0.25) is 9.36 Å². The predicted molar refractivity (Wildman–Crippen MR) is 115 cm³/mol. The van der Waals surface area contributed by atoms with Gasteiger partial charge in [-0.2, -0.15) is 10.2 Å². The molecule has 0 saturated carbocycles. The van der Waals surface area contributed by atoms with E-state index in [4.69, 9.17) is 4.74 Å². The molecule has 0 bridgehead atoms. The second-order valence-electron chi connectivity index (χ2n) is 7.00. The first-order chi connectivity index (χ1) is 14.7. The van der Waals surface area contributed by atoms with E-state index in [2.05, 4.69) is 20.2 Å². The molecule has 0 atom stereocenters. The topological polar surface area (TPSA) is 96.1 Å². The van der Waals surface area contributed by atoms with Gasteiger partial charge in [-0.15, -0.1) is 0 Å². The highest BCUT2D eigenvalue weighted by Gasteiger charge is 2.16. The minimum absolute atomic E-state index is 0.0618. The van der Waals surface area contributed by atoms with Gasteiger partial charge in [-0.25, -0.2) is 4.98 Å². The van der Waals surface area contributed by atoms with Crippen molar-refractivity contribution in [2.75, 3.05) is 36.5 Å². The molecule has 5 rings (SSSR count). The molecule has 2 aliphatic rings. The Balaban J connectivity index is 1.47. The first-order valence-electron chi connectivity index (χ1n) is 9.64. The maximum Gasteiger partial charge on any atom is 0.274 e. The quantitative estimate of drug-likeness (QED) is 0.722. The van der Waals surface area contributed by atoms with E-state index < -0.39 is 0 Å². The average Bonchev–Trinajstić information content (AvgIpc) is 2.75. The van der Waals surface area contributed by atoms with Crippen LogP contribution in [0, 0.1) is 11.3 Å². The molecule has 3 aromatic rings. The van der Waals surface area contributed by atoms with Crippen LogP contribution in [0.3, 0.4) is 0 Å². The van der Waals surface area contributed by atoms with Gasteiger partial charge >= 0.3 is 0 Å². The molecule has 3 heterocycles. The van der Waals surface area contributed by atoms with Gasteiger partial charge in [0.2, 0.25) is 5.95 Å². The number of nitrogens with one attached hydrogen (secondary N) is 1. The zero-order valence-corrected chi connectivity index (χ0v) is 16.1. The lowest BCUT2D eigenvalue weighted by Gasteiger charge is -2.28. The summed E-state index contributed by atoms with van der Waals surface area (Å²) in [7, 11) is 0. The zero-order valence-electron chi connectivity index (χ0n) is 16.1. The van der Waals surface area contributed by atoms with Gasteiger partial charge < -0.3 is 15.0 Å². The maximum absolute atomic E-state index is 12.7. The summed E-state index contributed by atoms with van der Waals surface area (Å²) in [4.78, 5) is 23.9. The molecule has 1 N–H and O–H groups in total. The number of nitrogens with zero attached hydrogens (tertiary/aromatic N) is 5. The number of morpholine rings is 1. The Bertz CT molecular complexity index is 1280. The van der Waals surface area contributed by atoms with Crippen LogP contribution in [0.5, 0.6) is 0 Å². The summed E-state index contributed by atoms with van der Waals surface area (Å²) >= 11 is 0. The molecule has 0 amide bonds. The fourth-order valence-electron chi connectivity index (χ4n) is 3.51. The lowest BCUT2D eigenvalue weighted by Crippen LogP contribution is -2.36. The Kier molecular flexibility index (Phi) is 4.50. The number of rotatable bonds is 4. The van der Waals surface area contributed by atoms with Gasteiger partial charge in [-0.1, -0.05) is 6.08 Å². The molecule has 1 saturated heterocycles. The number of nitriles is 1. The highest BCUT2D eigenvalue weighted by atomic mass is 16.5. The third kappa shape index (κ3) is 3.21. The number of hydrogen-bond donors (Lipinski definition) is 1. The molecule has 30 heavy (non-hydrogen) atoms. The Labute approximate surface area is 172 Å². The molecule has 2 aromatic heterocycles. The van der Waals surface area contributed by atoms with Crippen molar-refractivity contribution in [1.29, 1.82) is 5.26 Å². The van der Waals surface area contributed by atoms with Gasteiger partial charge in [-0.05, 0) is 42.5 Å². The van der Waals surface area contributed by atoms with Gasteiger partial charge in [0.1, 0.15) is 11.6 Å². The number of pyridine rings is 1. The van der Waals surface area contributed by atoms with Crippen molar-refractivity contribution < 1.29 is 4.74 Å². The molecule has 1 aliphatic carbocycles. The number of ether oxygens (including phenoxy) is 1. The molecule has 0 unspecified atom stereocenters. The van der Waals surface area contributed by atoms with Gasteiger partial charge in [0.25, 0.3) is 5.56 Å². The largest absolute Gasteiger partial charge is 0.378 e. The number of aromatic nitrogens is 3. The smallest absolute Gasteiger partial charge is 0.274 e. The number of fused-ring (bicyclic) bond motifs is 1. The van der Waals surface area contributed by atoms with E-state index in [1.165, 1.54) is 10.6 Å². The van der Waals surface area contributed by atoms with Crippen LogP contribution < -0.4 is 15.8 Å². The molecule has 1 aromatic carbocycles. The van der Waals surface area contributed by atoms with Crippen molar-refractivity contribution >= 4 is 34.1 Å². The molecule has 148 valence electrons.